The molecular weight excluding hydrogens is 523 g/mol. The number of hydrogen-bond acceptors (Lipinski definition) is 5. The Kier molecular flexibility index (Phi) is 7.12. The molecule has 206 valence electrons. The number of para-hydroxylation sites is 2. The second kappa shape index (κ2) is 11.2. The van der Waals surface area contributed by atoms with Gasteiger partial charge in [0.1, 0.15) is 19.0 Å². The van der Waals surface area contributed by atoms with E-state index in [2.05, 4.69) is 5.32 Å². The Balaban J connectivity index is 1.18. The second-order valence-corrected chi connectivity index (χ2v) is 9.82. The summed E-state index contributed by atoms with van der Waals surface area (Å²) >= 11 is 0. The van der Waals surface area contributed by atoms with E-state index >= 15 is 0 Å². The molecule has 2 aliphatic rings. The predicted molar refractivity (Wildman–Crippen MR) is 152 cm³/mol. The summed E-state index contributed by atoms with van der Waals surface area (Å²) in [5.41, 5.74) is 3.34. The van der Waals surface area contributed by atoms with Gasteiger partial charge in [0.15, 0.2) is 23.0 Å². The van der Waals surface area contributed by atoms with Crippen LogP contribution >= 0.6 is 0 Å². The van der Waals surface area contributed by atoms with Crippen LogP contribution in [0.2, 0.25) is 0 Å². The van der Waals surface area contributed by atoms with Crippen LogP contribution < -0.4 is 24.4 Å². The van der Waals surface area contributed by atoms with Gasteiger partial charge in [-0.15, -0.1) is 0 Å². The number of fused-ring (bicyclic) bond motifs is 2. The SMILES string of the molecule is C[C@H](NC(=O)c1ccc(/C=C2\Oc3ccccc3N(Cc3cccc(F)c3)C2=O)cc1)c1ccc2c(c1)OCCO2. The van der Waals surface area contributed by atoms with Crippen molar-refractivity contribution < 1.29 is 28.2 Å². The van der Waals surface area contributed by atoms with Crippen molar-refractivity contribution in [2.24, 2.45) is 0 Å². The number of nitrogens with zero attached hydrogens (tertiary/aromatic N) is 1. The molecule has 0 aromatic heterocycles. The van der Waals surface area contributed by atoms with Crippen LogP contribution in [0.15, 0.2) is 96.8 Å². The molecule has 7 nitrogen and oxygen atoms in total. The molecule has 0 radical (unpaired) electrons. The zero-order chi connectivity index (χ0) is 28.3. The Morgan fingerprint density at radius 3 is 2.51 bits per heavy atom. The van der Waals surface area contributed by atoms with Crippen molar-refractivity contribution in [1.82, 2.24) is 5.32 Å². The third kappa shape index (κ3) is 5.63. The van der Waals surface area contributed by atoms with E-state index in [1.165, 1.54) is 12.1 Å². The molecular formula is C33H27FN2O5. The highest BCUT2D eigenvalue weighted by molar-refractivity contribution is 6.09. The lowest BCUT2D eigenvalue weighted by molar-refractivity contribution is -0.117. The summed E-state index contributed by atoms with van der Waals surface area (Å²) in [6.45, 7) is 3.11. The number of rotatable bonds is 6. The first-order valence-electron chi connectivity index (χ1n) is 13.3. The smallest absolute Gasteiger partial charge is 0.294 e. The molecule has 0 bridgehead atoms. The summed E-state index contributed by atoms with van der Waals surface area (Å²) < 4.78 is 31.0. The topological polar surface area (TPSA) is 77.1 Å². The van der Waals surface area contributed by atoms with Crippen LogP contribution in [0.25, 0.3) is 6.08 Å². The quantitative estimate of drug-likeness (QED) is 0.296. The van der Waals surface area contributed by atoms with Crippen molar-refractivity contribution in [2.45, 2.75) is 19.5 Å². The highest BCUT2D eigenvalue weighted by Gasteiger charge is 2.30. The van der Waals surface area contributed by atoms with Crippen molar-refractivity contribution in [3.63, 3.8) is 0 Å². The lowest BCUT2D eigenvalue weighted by atomic mass is 10.1. The number of carbonyl (C=O) groups is 2. The van der Waals surface area contributed by atoms with Gasteiger partial charge in [0.25, 0.3) is 11.8 Å². The van der Waals surface area contributed by atoms with Crippen molar-refractivity contribution in [1.29, 1.82) is 0 Å². The maximum atomic E-state index is 13.8. The maximum absolute atomic E-state index is 13.8. The number of anilines is 1. The fourth-order valence-corrected chi connectivity index (χ4v) is 4.81. The first-order valence-corrected chi connectivity index (χ1v) is 13.3. The van der Waals surface area contributed by atoms with Crippen molar-refractivity contribution in [3.05, 3.63) is 125 Å². The van der Waals surface area contributed by atoms with Gasteiger partial charge < -0.3 is 19.5 Å². The number of amides is 2. The average Bonchev–Trinajstić information content (AvgIpc) is 2.99. The minimum atomic E-state index is -0.364. The Morgan fingerprint density at radius 1 is 0.927 bits per heavy atom. The summed E-state index contributed by atoms with van der Waals surface area (Å²) in [4.78, 5) is 28.0. The monoisotopic (exact) mass is 550 g/mol. The van der Waals surface area contributed by atoms with Crippen LogP contribution in [-0.4, -0.2) is 25.0 Å². The van der Waals surface area contributed by atoms with Crippen molar-refractivity contribution in [3.8, 4) is 17.2 Å². The molecule has 0 aliphatic carbocycles. The number of hydrogen-bond donors (Lipinski definition) is 1. The lowest BCUT2D eigenvalue weighted by Crippen LogP contribution is -2.36. The zero-order valence-corrected chi connectivity index (χ0v) is 22.3. The standard InChI is InChI=1S/C33H27FN2O5/c1-21(25-13-14-29-30(19-25)40-16-15-39-29)35-32(37)24-11-9-22(10-12-24)18-31-33(38)36(20-23-5-4-6-26(34)17-23)27-7-2-3-8-28(27)41-31/h2-14,17-19,21H,15-16,20H2,1H3,(H,35,37)/b31-18-/t21-/m0/s1. The number of ether oxygens (including phenoxy) is 3. The maximum Gasteiger partial charge on any atom is 0.294 e. The summed E-state index contributed by atoms with van der Waals surface area (Å²) in [7, 11) is 0. The average molecular weight is 551 g/mol. The fourth-order valence-electron chi connectivity index (χ4n) is 4.81. The summed E-state index contributed by atoms with van der Waals surface area (Å²) in [5, 5.41) is 3.01. The molecule has 41 heavy (non-hydrogen) atoms. The van der Waals surface area contributed by atoms with E-state index in [1.54, 1.807) is 59.5 Å². The van der Waals surface area contributed by atoms with Gasteiger partial charge >= 0.3 is 0 Å². The molecule has 1 N–H and O–H groups in total. The van der Waals surface area contributed by atoms with Gasteiger partial charge in [0.05, 0.1) is 18.3 Å². The van der Waals surface area contributed by atoms with Gasteiger partial charge in [-0.2, -0.15) is 0 Å². The lowest BCUT2D eigenvalue weighted by Gasteiger charge is -2.30. The molecule has 0 saturated carbocycles. The summed E-state index contributed by atoms with van der Waals surface area (Å²) in [6.07, 6.45) is 1.64. The Morgan fingerprint density at radius 2 is 1.71 bits per heavy atom. The van der Waals surface area contributed by atoms with Crippen LogP contribution in [0.3, 0.4) is 0 Å². The zero-order valence-electron chi connectivity index (χ0n) is 22.3. The van der Waals surface area contributed by atoms with Crippen LogP contribution in [0.1, 0.15) is 40.0 Å². The van der Waals surface area contributed by atoms with E-state index in [4.69, 9.17) is 14.2 Å². The van der Waals surface area contributed by atoms with E-state index in [-0.39, 0.29) is 36.0 Å². The van der Waals surface area contributed by atoms with Crippen molar-refractivity contribution >= 4 is 23.6 Å². The molecule has 2 aliphatic heterocycles. The van der Waals surface area contributed by atoms with Gasteiger partial charge in [0, 0.05) is 5.56 Å². The molecule has 8 heteroatoms. The Hall–Kier alpha value is -5.11. The van der Waals surface area contributed by atoms with E-state index in [0.717, 1.165) is 5.56 Å². The molecule has 0 fully saturated rings. The molecule has 6 rings (SSSR count). The first kappa shape index (κ1) is 26.1. The number of halogens is 1. The third-order valence-corrected chi connectivity index (χ3v) is 6.95. The van der Waals surface area contributed by atoms with Crippen molar-refractivity contribution in [2.75, 3.05) is 18.1 Å². The second-order valence-electron chi connectivity index (χ2n) is 9.82. The highest BCUT2D eigenvalue weighted by Crippen LogP contribution is 2.37. The summed E-state index contributed by atoms with van der Waals surface area (Å²) in [6, 6.07) is 25.7. The predicted octanol–water partition coefficient (Wildman–Crippen LogP) is 6.05. The molecule has 0 unspecified atom stereocenters. The van der Waals surface area contributed by atoms with Crippen LogP contribution in [-0.2, 0) is 11.3 Å². The minimum absolute atomic E-state index is 0.129. The van der Waals surface area contributed by atoms with Crippen LogP contribution in [0.5, 0.6) is 17.2 Å². The summed E-state index contributed by atoms with van der Waals surface area (Å²) in [5.74, 6) is 1.09. The number of nitrogens with one attached hydrogen (secondary N) is 1. The molecule has 2 amide bonds. The third-order valence-electron chi connectivity index (χ3n) is 6.95. The fraction of sp³-hybridized carbons (Fsp3) is 0.152. The molecule has 0 spiro atoms. The molecule has 2 heterocycles. The van der Waals surface area contributed by atoms with Gasteiger partial charge in [-0.1, -0.05) is 42.5 Å². The molecule has 4 aromatic carbocycles. The Bertz CT molecular complexity index is 1650. The largest absolute Gasteiger partial charge is 0.486 e. The van der Waals surface area contributed by atoms with E-state index < -0.39 is 0 Å². The molecule has 1 atom stereocenters. The number of benzene rings is 4. The van der Waals surface area contributed by atoms with E-state index in [9.17, 15) is 14.0 Å². The van der Waals surface area contributed by atoms with Crippen LogP contribution in [0.4, 0.5) is 10.1 Å². The van der Waals surface area contributed by atoms with Gasteiger partial charge in [-0.25, -0.2) is 4.39 Å². The highest BCUT2D eigenvalue weighted by atomic mass is 19.1. The molecule has 0 saturated heterocycles. The van der Waals surface area contributed by atoms with Gasteiger partial charge in [-0.3, -0.25) is 14.5 Å². The van der Waals surface area contributed by atoms with Gasteiger partial charge in [0.2, 0.25) is 0 Å². The first-order chi connectivity index (χ1) is 19.9. The Labute approximate surface area is 236 Å². The number of carbonyl (C=O) groups excluding carboxylic acids is 2. The van der Waals surface area contributed by atoms with E-state index in [0.29, 0.717) is 52.8 Å². The van der Waals surface area contributed by atoms with Crippen LogP contribution in [0, 0.1) is 5.82 Å². The molecule has 4 aromatic rings. The minimum Gasteiger partial charge on any atom is -0.486 e. The normalized spacial score (nSPS) is 15.6. The van der Waals surface area contributed by atoms with Gasteiger partial charge in [-0.05, 0) is 78.2 Å². The van der Waals surface area contributed by atoms with E-state index in [1.807, 2.05) is 37.3 Å².